The molecule has 2 aromatic rings. The number of pyridine rings is 1. The SMILES string of the molecule is COCCCOc1cc2c(cc1OC)-c1cc(=O)c(C(=O)O)cn1C1(C2)CC(O)C1. The number of aromatic carboxylic acids is 1. The van der Waals surface area contributed by atoms with Gasteiger partial charge in [-0.25, -0.2) is 4.79 Å². The average Bonchev–Trinajstić information content (AvgIpc) is 2.69. The molecule has 2 heterocycles. The van der Waals surface area contributed by atoms with Crippen molar-refractivity contribution in [3.63, 3.8) is 0 Å². The summed E-state index contributed by atoms with van der Waals surface area (Å²) in [6.45, 7) is 1.07. The van der Waals surface area contributed by atoms with Crippen LogP contribution in [-0.2, 0) is 16.7 Å². The van der Waals surface area contributed by atoms with Crippen LogP contribution in [0.15, 0.2) is 29.2 Å². The number of hydrogen-bond acceptors (Lipinski definition) is 6. The van der Waals surface area contributed by atoms with Crippen molar-refractivity contribution in [1.82, 2.24) is 4.57 Å². The molecule has 30 heavy (non-hydrogen) atoms. The van der Waals surface area contributed by atoms with Crippen molar-refractivity contribution in [3.8, 4) is 22.8 Å². The van der Waals surface area contributed by atoms with Crippen LogP contribution >= 0.6 is 0 Å². The predicted octanol–water partition coefficient (Wildman–Crippen LogP) is 2.04. The number of aromatic nitrogens is 1. The van der Waals surface area contributed by atoms with Crippen molar-refractivity contribution < 1.29 is 29.2 Å². The quantitative estimate of drug-likeness (QED) is 0.667. The molecule has 0 bridgehead atoms. The summed E-state index contributed by atoms with van der Waals surface area (Å²) in [5.41, 5.74) is 1.14. The van der Waals surface area contributed by atoms with Gasteiger partial charge in [0, 0.05) is 38.0 Å². The Morgan fingerprint density at radius 3 is 2.60 bits per heavy atom. The van der Waals surface area contributed by atoms with Gasteiger partial charge in [-0.2, -0.15) is 0 Å². The topological polar surface area (TPSA) is 107 Å². The highest BCUT2D eigenvalue weighted by Crippen LogP contribution is 2.50. The zero-order valence-electron chi connectivity index (χ0n) is 17.0. The zero-order valence-corrected chi connectivity index (χ0v) is 17.0. The molecule has 1 spiro atoms. The van der Waals surface area contributed by atoms with E-state index in [4.69, 9.17) is 14.2 Å². The fraction of sp³-hybridized carbons (Fsp3) is 0.455. The third kappa shape index (κ3) is 3.36. The van der Waals surface area contributed by atoms with E-state index >= 15 is 0 Å². The number of carboxylic acids is 1. The van der Waals surface area contributed by atoms with E-state index in [0.29, 0.717) is 49.7 Å². The van der Waals surface area contributed by atoms with Gasteiger partial charge in [0.15, 0.2) is 16.9 Å². The van der Waals surface area contributed by atoms with Crippen LogP contribution in [0, 0.1) is 0 Å². The Hall–Kier alpha value is -2.84. The lowest BCUT2D eigenvalue weighted by Crippen LogP contribution is -2.53. The molecule has 0 atom stereocenters. The van der Waals surface area contributed by atoms with E-state index < -0.39 is 23.0 Å². The maximum absolute atomic E-state index is 12.4. The minimum Gasteiger partial charge on any atom is -0.493 e. The predicted molar refractivity (Wildman–Crippen MR) is 109 cm³/mol. The molecule has 8 heteroatoms. The normalized spacial score (nSPS) is 21.5. The second kappa shape index (κ2) is 7.77. The van der Waals surface area contributed by atoms with Crippen molar-refractivity contribution in [2.75, 3.05) is 27.4 Å². The van der Waals surface area contributed by atoms with Crippen molar-refractivity contribution in [2.45, 2.75) is 37.3 Å². The van der Waals surface area contributed by atoms with E-state index in [9.17, 15) is 19.8 Å². The van der Waals surface area contributed by atoms with Gasteiger partial charge in [0.2, 0.25) is 0 Å². The maximum atomic E-state index is 12.4. The van der Waals surface area contributed by atoms with Gasteiger partial charge in [0.1, 0.15) is 5.56 Å². The number of benzene rings is 1. The number of aliphatic hydroxyl groups excluding tert-OH is 1. The van der Waals surface area contributed by atoms with Gasteiger partial charge in [-0.05, 0) is 37.0 Å². The standard InChI is InChI=1S/C22H25NO7/c1-28-4-3-5-30-20-6-13-9-22(10-14(24)11-22)23-12-16(21(26)27)18(25)8-17(23)15(13)7-19(20)29-2/h6-8,12,14,24H,3-5,9-11H2,1-2H3,(H,26,27). The van der Waals surface area contributed by atoms with Crippen LogP contribution in [-0.4, -0.2) is 54.3 Å². The summed E-state index contributed by atoms with van der Waals surface area (Å²) in [5.74, 6) is -0.106. The van der Waals surface area contributed by atoms with Crippen LogP contribution in [0.4, 0.5) is 0 Å². The first kappa shape index (κ1) is 20.4. The molecule has 8 nitrogen and oxygen atoms in total. The second-order valence-corrected chi connectivity index (χ2v) is 7.93. The zero-order chi connectivity index (χ0) is 21.5. The molecule has 0 saturated heterocycles. The van der Waals surface area contributed by atoms with Crippen LogP contribution in [0.3, 0.4) is 0 Å². The number of methoxy groups -OCH3 is 2. The monoisotopic (exact) mass is 415 g/mol. The molecule has 4 rings (SSSR count). The van der Waals surface area contributed by atoms with Gasteiger partial charge in [-0.1, -0.05) is 0 Å². The highest BCUT2D eigenvalue weighted by Gasteiger charge is 2.48. The van der Waals surface area contributed by atoms with Gasteiger partial charge < -0.3 is 29.0 Å². The molecule has 1 aliphatic heterocycles. The summed E-state index contributed by atoms with van der Waals surface area (Å²) < 4.78 is 18.3. The third-order valence-corrected chi connectivity index (χ3v) is 5.96. The first-order valence-electron chi connectivity index (χ1n) is 9.90. The summed E-state index contributed by atoms with van der Waals surface area (Å²) in [4.78, 5) is 24.0. The summed E-state index contributed by atoms with van der Waals surface area (Å²) in [6.07, 6.45) is 3.30. The van der Waals surface area contributed by atoms with E-state index in [2.05, 4.69) is 0 Å². The van der Waals surface area contributed by atoms with E-state index in [0.717, 1.165) is 17.5 Å². The fourth-order valence-corrected chi connectivity index (χ4v) is 4.54. The molecule has 160 valence electrons. The van der Waals surface area contributed by atoms with Gasteiger partial charge >= 0.3 is 5.97 Å². The molecule has 0 radical (unpaired) electrons. The lowest BCUT2D eigenvalue weighted by molar-refractivity contribution is -0.0235. The highest BCUT2D eigenvalue weighted by molar-refractivity contribution is 5.88. The molecule has 2 N–H and O–H groups in total. The molecular weight excluding hydrogens is 390 g/mol. The smallest absolute Gasteiger partial charge is 0.341 e. The summed E-state index contributed by atoms with van der Waals surface area (Å²) in [7, 11) is 3.19. The number of rotatable bonds is 7. The Balaban J connectivity index is 1.81. The molecule has 1 aromatic heterocycles. The van der Waals surface area contributed by atoms with Gasteiger partial charge in [0.05, 0.1) is 31.1 Å². The number of carbonyl (C=O) groups is 1. The minimum absolute atomic E-state index is 0.270. The summed E-state index contributed by atoms with van der Waals surface area (Å²) in [6, 6.07) is 5.12. The minimum atomic E-state index is -1.26. The molecule has 1 fully saturated rings. The van der Waals surface area contributed by atoms with Crippen molar-refractivity contribution >= 4 is 5.97 Å². The van der Waals surface area contributed by atoms with Gasteiger partial charge in [-0.3, -0.25) is 4.79 Å². The Labute approximate surface area is 173 Å². The van der Waals surface area contributed by atoms with Gasteiger partial charge in [0.25, 0.3) is 0 Å². The summed E-state index contributed by atoms with van der Waals surface area (Å²) >= 11 is 0. The Kier molecular flexibility index (Phi) is 5.29. The first-order chi connectivity index (χ1) is 14.4. The van der Waals surface area contributed by atoms with Crippen molar-refractivity contribution in [3.05, 3.63) is 45.7 Å². The van der Waals surface area contributed by atoms with Crippen molar-refractivity contribution in [1.29, 1.82) is 0 Å². The number of fused-ring (bicyclic) bond motifs is 4. The van der Waals surface area contributed by atoms with E-state index in [1.165, 1.54) is 12.3 Å². The molecule has 1 aliphatic carbocycles. The number of hydrogen-bond donors (Lipinski definition) is 2. The van der Waals surface area contributed by atoms with E-state index in [1.54, 1.807) is 14.2 Å². The van der Waals surface area contributed by atoms with Crippen LogP contribution in [0.25, 0.3) is 11.3 Å². The molecule has 1 aromatic carbocycles. The third-order valence-electron chi connectivity index (χ3n) is 5.96. The Morgan fingerprint density at radius 1 is 1.20 bits per heavy atom. The molecule has 1 saturated carbocycles. The highest BCUT2D eigenvalue weighted by atomic mass is 16.5. The Morgan fingerprint density at radius 2 is 1.97 bits per heavy atom. The van der Waals surface area contributed by atoms with Crippen LogP contribution in [0.1, 0.15) is 35.2 Å². The number of carboxylic acid groups (broad SMARTS) is 1. The lowest BCUT2D eigenvalue weighted by atomic mass is 9.67. The van der Waals surface area contributed by atoms with E-state index in [1.807, 2.05) is 16.7 Å². The van der Waals surface area contributed by atoms with Crippen molar-refractivity contribution in [2.24, 2.45) is 0 Å². The maximum Gasteiger partial charge on any atom is 0.341 e. The van der Waals surface area contributed by atoms with E-state index in [-0.39, 0.29) is 5.56 Å². The number of aliphatic hydroxyl groups is 1. The number of ether oxygens (including phenoxy) is 3. The second-order valence-electron chi connectivity index (χ2n) is 7.93. The molecule has 0 amide bonds. The lowest BCUT2D eigenvalue weighted by Gasteiger charge is -2.51. The van der Waals surface area contributed by atoms with Crippen LogP contribution < -0.4 is 14.9 Å². The average molecular weight is 415 g/mol. The van der Waals surface area contributed by atoms with Crippen LogP contribution in [0.5, 0.6) is 11.5 Å². The van der Waals surface area contributed by atoms with Gasteiger partial charge in [-0.15, -0.1) is 0 Å². The first-order valence-corrected chi connectivity index (χ1v) is 9.90. The summed E-state index contributed by atoms with van der Waals surface area (Å²) in [5, 5.41) is 19.4. The van der Waals surface area contributed by atoms with Crippen LogP contribution in [0.2, 0.25) is 0 Å². The molecule has 0 unspecified atom stereocenters. The molecular formula is C22H25NO7. The number of nitrogens with zero attached hydrogens (tertiary/aromatic N) is 1. The fourth-order valence-electron chi connectivity index (χ4n) is 4.54. The Bertz CT molecular complexity index is 1040. The largest absolute Gasteiger partial charge is 0.493 e. The molecule has 2 aliphatic rings.